The number of benzene rings is 2. The van der Waals surface area contributed by atoms with E-state index in [1.54, 1.807) is 19.1 Å². The van der Waals surface area contributed by atoms with Crippen LogP contribution in [0.3, 0.4) is 0 Å². The van der Waals surface area contributed by atoms with Gasteiger partial charge in [-0.2, -0.15) is 0 Å². The third-order valence-corrected chi connectivity index (χ3v) is 7.22. The Hall–Kier alpha value is -2.85. The molecule has 4 rings (SSSR count). The number of nitrogens with one attached hydrogen (secondary N) is 2. The van der Waals surface area contributed by atoms with E-state index in [0.717, 1.165) is 30.7 Å². The number of hydrogen-bond acceptors (Lipinski definition) is 5. The molecule has 1 aliphatic rings. The molecule has 2 aromatic carbocycles. The molecule has 2 heterocycles. The fraction of sp³-hybridized carbons (Fsp3) is 0.391. The number of aromatic nitrogens is 3. The number of halogens is 2. The van der Waals surface area contributed by atoms with E-state index in [4.69, 9.17) is 0 Å². The standard InChI is InChI=1S/C23H27F2N5O2S/c1-14-27-28-22(30(14)16-9-10-26-13-16)18-11-19(24)20(25)12-21(18)29-33(31,32)17-7-5-15(6-8-17)23(2,3)4/h5-8,11-12,16,26,29H,9-10,13H2,1-4H3/t16-/m0/s1. The molecule has 0 amide bonds. The first kappa shape index (κ1) is 23.3. The maximum atomic E-state index is 14.3. The summed E-state index contributed by atoms with van der Waals surface area (Å²) in [5.41, 5.74) is 0.855. The lowest BCUT2D eigenvalue weighted by Gasteiger charge is -2.20. The van der Waals surface area contributed by atoms with Crippen molar-refractivity contribution < 1.29 is 17.2 Å². The maximum Gasteiger partial charge on any atom is 0.261 e. The summed E-state index contributed by atoms with van der Waals surface area (Å²) in [5.74, 6) is -1.38. The molecular formula is C23H27F2N5O2S. The average Bonchev–Trinajstić information content (AvgIpc) is 3.39. The van der Waals surface area contributed by atoms with Crippen LogP contribution in [0.4, 0.5) is 14.5 Å². The van der Waals surface area contributed by atoms with Gasteiger partial charge in [-0.25, -0.2) is 17.2 Å². The van der Waals surface area contributed by atoms with Crippen molar-refractivity contribution in [3.8, 4) is 11.4 Å². The SMILES string of the molecule is Cc1nnc(-c2cc(F)c(F)cc2NS(=O)(=O)c2ccc(C(C)(C)C)cc2)n1[C@H]1CCNC1. The van der Waals surface area contributed by atoms with Crippen molar-refractivity contribution in [2.24, 2.45) is 0 Å². The Morgan fingerprint density at radius 1 is 1.09 bits per heavy atom. The van der Waals surface area contributed by atoms with Gasteiger partial charge in [-0.1, -0.05) is 32.9 Å². The zero-order valence-electron chi connectivity index (χ0n) is 19.0. The summed E-state index contributed by atoms with van der Waals surface area (Å²) in [7, 11) is -4.07. The molecule has 1 atom stereocenters. The Balaban J connectivity index is 1.76. The van der Waals surface area contributed by atoms with Crippen LogP contribution in [0, 0.1) is 18.6 Å². The largest absolute Gasteiger partial charge is 0.315 e. The van der Waals surface area contributed by atoms with Crippen molar-refractivity contribution in [3.63, 3.8) is 0 Å². The zero-order chi connectivity index (χ0) is 24.0. The van der Waals surface area contributed by atoms with E-state index in [9.17, 15) is 17.2 Å². The first-order chi connectivity index (χ1) is 15.5. The first-order valence-corrected chi connectivity index (χ1v) is 12.2. The lowest BCUT2D eigenvalue weighted by Crippen LogP contribution is -2.18. The second-order valence-electron chi connectivity index (χ2n) is 9.28. The van der Waals surface area contributed by atoms with E-state index >= 15 is 0 Å². The summed E-state index contributed by atoms with van der Waals surface area (Å²) >= 11 is 0. The third-order valence-electron chi connectivity index (χ3n) is 5.84. The van der Waals surface area contributed by atoms with Gasteiger partial charge in [-0.05, 0) is 49.1 Å². The van der Waals surface area contributed by atoms with Gasteiger partial charge in [0.2, 0.25) is 0 Å². The molecule has 10 heteroatoms. The van der Waals surface area contributed by atoms with Crippen LogP contribution in [-0.4, -0.2) is 36.3 Å². The molecule has 3 aromatic rings. The molecule has 0 bridgehead atoms. The Kier molecular flexibility index (Phi) is 6.00. The second-order valence-corrected chi connectivity index (χ2v) is 11.0. The average molecular weight is 476 g/mol. The van der Waals surface area contributed by atoms with Gasteiger partial charge < -0.3 is 9.88 Å². The fourth-order valence-electron chi connectivity index (χ4n) is 4.00. The van der Waals surface area contributed by atoms with Crippen LogP contribution < -0.4 is 10.0 Å². The van der Waals surface area contributed by atoms with E-state index in [0.29, 0.717) is 12.4 Å². The molecule has 0 unspecified atom stereocenters. The van der Waals surface area contributed by atoms with Crippen LogP contribution in [-0.2, 0) is 15.4 Å². The van der Waals surface area contributed by atoms with Gasteiger partial charge in [-0.3, -0.25) is 4.72 Å². The van der Waals surface area contributed by atoms with E-state index in [1.165, 1.54) is 12.1 Å². The molecule has 1 aliphatic heterocycles. The number of nitrogens with zero attached hydrogens (tertiary/aromatic N) is 3. The number of hydrogen-bond donors (Lipinski definition) is 2. The van der Waals surface area contributed by atoms with Crippen LogP contribution in [0.25, 0.3) is 11.4 Å². The molecule has 0 spiro atoms. The summed E-state index contributed by atoms with van der Waals surface area (Å²) in [5, 5.41) is 11.5. The van der Waals surface area contributed by atoms with Crippen molar-refractivity contribution in [1.82, 2.24) is 20.1 Å². The van der Waals surface area contributed by atoms with Crippen LogP contribution in [0.1, 0.15) is 44.6 Å². The smallest absolute Gasteiger partial charge is 0.261 e. The zero-order valence-corrected chi connectivity index (χ0v) is 19.8. The summed E-state index contributed by atoms with van der Waals surface area (Å²) in [6.45, 7) is 9.34. The normalized spacial score (nSPS) is 16.8. The molecule has 33 heavy (non-hydrogen) atoms. The van der Waals surface area contributed by atoms with Crippen LogP contribution in [0.5, 0.6) is 0 Å². The summed E-state index contributed by atoms with van der Waals surface area (Å²) < 4.78 is 58.9. The molecule has 1 aromatic heterocycles. The summed E-state index contributed by atoms with van der Waals surface area (Å²) in [4.78, 5) is 0.0174. The van der Waals surface area contributed by atoms with Gasteiger partial charge in [0.15, 0.2) is 17.5 Å². The second kappa shape index (κ2) is 8.49. The number of anilines is 1. The topological polar surface area (TPSA) is 88.9 Å². The summed E-state index contributed by atoms with van der Waals surface area (Å²) in [6, 6.07) is 8.31. The molecule has 0 aliphatic carbocycles. The van der Waals surface area contributed by atoms with Crippen molar-refractivity contribution >= 4 is 15.7 Å². The monoisotopic (exact) mass is 475 g/mol. The predicted molar refractivity (Wildman–Crippen MR) is 123 cm³/mol. The maximum absolute atomic E-state index is 14.3. The fourth-order valence-corrected chi connectivity index (χ4v) is 5.07. The highest BCUT2D eigenvalue weighted by atomic mass is 32.2. The van der Waals surface area contributed by atoms with Gasteiger partial charge in [0, 0.05) is 18.2 Å². The first-order valence-electron chi connectivity index (χ1n) is 10.7. The molecule has 7 nitrogen and oxygen atoms in total. The molecule has 1 saturated heterocycles. The highest BCUT2D eigenvalue weighted by molar-refractivity contribution is 7.92. The van der Waals surface area contributed by atoms with Crippen LogP contribution in [0.2, 0.25) is 0 Å². The molecule has 1 fully saturated rings. The van der Waals surface area contributed by atoms with Crippen molar-refractivity contribution in [3.05, 3.63) is 59.4 Å². The summed E-state index contributed by atoms with van der Waals surface area (Å²) in [6.07, 6.45) is 0.816. The quantitative estimate of drug-likeness (QED) is 0.578. The van der Waals surface area contributed by atoms with E-state index < -0.39 is 21.7 Å². The van der Waals surface area contributed by atoms with Gasteiger partial charge in [0.25, 0.3) is 10.0 Å². The van der Waals surface area contributed by atoms with Gasteiger partial charge in [-0.15, -0.1) is 10.2 Å². The predicted octanol–water partition coefficient (Wildman–Crippen LogP) is 4.16. The Labute approximate surface area is 192 Å². The minimum absolute atomic E-state index is 0.0174. The molecule has 0 saturated carbocycles. The minimum atomic E-state index is -4.07. The Morgan fingerprint density at radius 2 is 1.76 bits per heavy atom. The highest BCUT2D eigenvalue weighted by Crippen LogP contribution is 2.34. The Bertz CT molecular complexity index is 1280. The molecular weight excluding hydrogens is 448 g/mol. The minimum Gasteiger partial charge on any atom is -0.315 e. The number of aryl methyl sites for hydroxylation is 1. The van der Waals surface area contributed by atoms with Crippen molar-refractivity contribution in [1.29, 1.82) is 0 Å². The van der Waals surface area contributed by atoms with Crippen molar-refractivity contribution in [2.75, 3.05) is 17.8 Å². The Morgan fingerprint density at radius 3 is 2.36 bits per heavy atom. The van der Waals surface area contributed by atoms with Gasteiger partial charge in [0.05, 0.1) is 16.6 Å². The molecule has 176 valence electrons. The van der Waals surface area contributed by atoms with Crippen molar-refractivity contribution in [2.45, 2.75) is 50.5 Å². The van der Waals surface area contributed by atoms with Crippen LogP contribution >= 0.6 is 0 Å². The lowest BCUT2D eigenvalue weighted by atomic mass is 9.87. The number of sulfonamides is 1. The third kappa shape index (κ3) is 4.63. The van der Waals surface area contributed by atoms with E-state index in [1.807, 2.05) is 25.3 Å². The highest BCUT2D eigenvalue weighted by Gasteiger charge is 2.27. The van der Waals surface area contributed by atoms with Gasteiger partial charge >= 0.3 is 0 Å². The van der Waals surface area contributed by atoms with Crippen LogP contribution in [0.15, 0.2) is 41.3 Å². The molecule has 0 radical (unpaired) electrons. The van der Waals surface area contributed by atoms with Gasteiger partial charge in [0.1, 0.15) is 5.82 Å². The molecule has 2 N–H and O–H groups in total. The van der Waals surface area contributed by atoms with E-state index in [-0.39, 0.29) is 33.4 Å². The lowest BCUT2D eigenvalue weighted by molar-refractivity contribution is 0.508. The van der Waals surface area contributed by atoms with E-state index in [2.05, 4.69) is 20.2 Å². The number of rotatable bonds is 5.